The highest BCUT2D eigenvalue weighted by Crippen LogP contribution is 2.17. The third kappa shape index (κ3) is 2.26. The number of hydrogen-bond donors (Lipinski definition) is 1. The van der Waals surface area contributed by atoms with Gasteiger partial charge < -0.3 is 4.98 Å². The number of rotatable bonds is 3. The number of aromatic nitrogens is 2. The van der Waals surface area contributed by atoms with Crippen molar-refractivity contribution in [2.45, 2.75) is 12.8 Å². The summed E-state index contributed by atoms with van der Waals surface area (Å²) < 4.78 is 12.7. The molecule has 3 nitrogen and oxygen atoms in total. The van der Waals surface area contributed by atoms with E-state index in [0.717, 1.165) is 17.1 Å². The zero-order valence-corrected chi connectivity index (χ0v) is 8.57. The van der Waals surface area contributed by atoms with Gasteiger partial charge in [-0.1, -0.05) is 0 Å². The number of benzene rings is 1. The molecule has 0 atom stereocenters. The minimum atomic E-state index is -0.257. The van der Waals surface area contributed by atoms with Crippen molar-refractivity contribution >= 4 is 0 Å². The topological polar surface area (TPSA) is 52.5 Å². The number of aryl methyl sites for hydroxylation is 1. The van der Waals surface area contributed by atoms with Gasteiger partial charge in [0.05, 0.1) is 18.0 Å². The molecule has 1 aromatic carbocycles. The third-order valence-corrected chi connectivity index (χ3v) is 2.26. The van der Waals surface area contributed by atoms with Gasteiger partial charge in [0.25, 0.3) is 0 Å². The molecule has 0 aliphatic carbocycles. The van der Waals surface area contributed by atoms with Gasteiger partial charge >= 0.3 is 0 Å². The quantitative estimate of drug-likeness (QED) is 0.855. The second-order valence-corrected chi connectivity index (χ2v) is 3.41. The Morgan fingerprint density at radius 1 is 1.31 bits per heavy atom. The van der Waals surface area contributed by atoms with Crippen LogP contribution in [-0.2, 0) is 6.42 Å². The number of nitrogens with zero attached hydrogens (tertiary/aromatic N) is 2. The maximum Gasteiger partial charge on any atom is 0.123 e. The number of halogens is 1. The van der Waals surface area contributed by atoms with Crippen LogP contribution in [0.5, 0.6) is 0 Å². The van der Waals surface area contributed by atoms with E-state index in [4.69, 9.17) is 5.26 Å². The maximum atomic E-state index is 12.7. The Balaban J connectivity index is 2.18. The Labute approximate surface area is 92.6 Å². The van der Waals surface area contributed by atoms with Crippen LogP contribution in [0.4, 0.5) is 4.39 Å². The van der Waals surface area contributed by atoms with Gasteiger partial charge in [-0.25, -0.2) is 9.37 Å². The first-order valence-electron chi connectivity index (χ1n) is 4.96. The molecule has 0 unspecified atom stereocenters. The van der Waals surface area contributed by atoms with E-state index in [1.165, 1.54) is 12.1 Å². The number of imidazole rings is 1. The molecule has 80 valence electrons. The van der Waals surface area contributed by atoms with E-state index in [1.54, 1.807) is 18.3 Å². The average molecular weight is 215 g/mol. The van der Waals surface area contributed by atoms with Crippen LogP contribution in [0.3, 0.4) is 0 Å². The van der Waals surface area contributed by atoms with Crippen LogP contribution in [0.1, 0.15) is 12.2 Å². The summed E-state index contributed by atoms with van der Waals surface area (Å²) >= 11 is 0. The van der Waals surface area contributed by atoms with Crippen molar-refractivity contribution in [2.24, 2.45) is 0 Å². The molecule has 2 aromatic rings. The minimum Gasteiger partial charge on any atom is -0.342 e. The Kier molecular flexibility index (Phi) is 2.97. The van der Waals surface area contributed by atoms with E-state index in [2.05, 4.69) is 16.0 Å². The van der Waals surface area contributed by atoms with E-state index < -0.39 is 0 Å². The number of nitriles is 1. The summed E-state index contributed by atoms with van der Waals surface area (Å²) in [5, 5.41) is 8.45. The number of aromatic amines is 1. The van der Waals surface area contributed by atoms with E-state index in [-0.39, 0.29) is 5.82 Å². The predicted octanol–water partition coefficient (Wildman–Crippen LogP) is 2.67. The van der Waals surface area contributed by atoms with Gasteiger partial charge in [0, 0.05) is 12.8 Å². The smallest absolute Gasteiger partial charge is 0.123 e. The Morgan fingerprint density at radius 3 is 2.75 bits per heavy atom. The van der Waals surface area contributed by atoms with Crippen molar-refractivity contribution in [1.29, 1.82) is 5.26 Å². The molecule has 1 aromatic heterocycles. The van der Waals surface area contributed by atoms with Gasteiger partial charge in [-0.15, -0.1) is 0 Å². The number of nitrogens with one attached hydrogen (secondary N) is 1. The summed E-state index contributed by atoms with van der Waals surface area (Å²) in [5.41, 5.74) is 1.73. The highest BCUT2D eigenvalue weighted by atomic mass is 19.1. The van der Waals surface area contributed by atoms with Crippen molar-refractivity contribution < 1.29 is 4.39 Å². The largest absolute Gasteiger partial charge is 0.342 e. The van der Waals surface area contributed by atoms with Gasteiger partial charge in [-0.2, -0.15) is 5.26 Å². The van der Waals surface area contributed by atoms with E-state index >= 15 is 0 Å². The Morgan fingerprint density at radius 2 is 2.06 bits per heavy atom. The fourth-order valence-electron chi connectivity index (χ4n) is 1.44. The monoisotopic (exact) mass is 215 g/mol. The fourth-order valence-corrected chi connectivity index (χ4v) is 1.44. The highest BCUT2D eigenvalue weighted by molar-refractivity contribution is 5.58. The van der Waals surface area contributed by atoms with Gasteiger partial charge in [0.15, 0.2) is 0 Å². The average Bonchev–Trinajstić information content (AvgIpc) is 2.76. The first-order chi connectivity index (χ1) is 7.79. The molecule has 0 bridgehead atoms. The third-order valence-electron chi connectivity index (χ3n) is 2.26. The van der Waals surface area contributed by atoms with Gasteiger partial charge in [0.1, 0.15) is 11.6 Å². The second-order valence-electron chi connectivity index (χ2n) is 3.41. The van der Waals surface area contributed by atoms with Crippen LogP contribution in [0, 0.1) is 17.1 Å². The Bertz CT molecular complexity index is 508. The molecular formula is C12H10FN3. The summed E-state index contributed by atoms with van der Waals surface area (Å²) in [7, 11) is 0. The lowest BCUT2D eigenvalue weighted by molar-refractivity contribution is 0.628. The maximum absolute atomic E-state index is 12.7. The summed E-state index contributed by atoms with van der Waals surface area (Å²) in [6.45, 7) is 0. The van der Waals surface area contributed by atoms with Crippen molar-refractivity contribution in [3.63, 3.8) is 0 Å². The van der Waals surface area contributed by atoms with Crippen molar-refractivity contribution in [3.8, 4) is 17.3 Å². The van der Waals surface area contributed by atoms with Crippen LogP contribution in [0.2, 0.25) is 0 Å². The van der Waals surface area contributed by atoms with E-state index in [9.17, 15) is 4.39 Å². The van der Waals surface area contributed by atoms with Gasteiger partial charge in [-0.3, -0.25) is 0 Å². The summed E-state index contributed by atoms with van der Waals surface area (Å²) in [6.07, 6.45) is 2.74. The molecule has 0 aliphatic rings. The number of hydrogen-bond acceptors (Lipinski definition) is 2. The van der Waals surface area contributed by atoms with Crippen molar-refractivity contribution in [2.75, 3.05) is 0 Å². The Hall–Kier alpha value is -2.15. The normalized spacial score (nSPS) is 10.0. The second kappa shape index (κ2) is 4.58. The van der Waals surface area contributed by atoms with Crippen LogP contribution < -0.4 is 0 Å². The molecule has 1 heterocycles. The van der Waals surface area contributed by atoms with Crippen LogP contribution in [0.25, 0.3) is 11.3 Å². The molecule has 0 aliphatic heterocycles. The van der Waals surface area contributed by atoms with E-state index in [0.29, 0.717) is 12.8 Å². The summed E-state index contributed by atoms with van der Waals surface area (Å²) in [6, 6.07) is 8.26. The highest BCUT2D eigenvalue weighted by Gasteiger charge is 2.02. The molecule has 1 N–H and O–H groups in total. The molecule has 4 heteroatoms. The van der Waals surface area contributed by atoms with Crippen LogP contribution in [0.15, 0.2) is 30.5 Å². The first kappa shape index (κ1) is 10.4. The minimum absolute atomic E-state index is 0.257. The number of H-pyrrole nitrogens is 1. The molecule has 0 amide bonds. The summed E-state index contributed by atoms with van der Waals surface area (Å²) in [5.74, 6) is 0.522. The molecule has 0 spiro atoms. The van der Waals surface area contributed by atoms with Gasteiger partial charge in [-0.05, 0) is 29.8 Å². The summed E-state index contributed by atoms with van der Waals surface area (Å²) in [4.78, 5) is 7.25. The van der Waals surface area contributed by atoms with Crippen molar-refractivity contribution in [1.82, 2.24) is 9.97 Å². The first-order valence-corrected chi connectivity index (χ1v) is 4.96. The SMILES string of the molecule is N#CCCc1ncc(-c2ccc(F)cc2)[nH]1. The van der Waals surface area contributed by atoms with Crippen LogP contribution >= 0.6 is 0 Å². The molecule has 0 radical (unpaired) electrons. The predicted molar refractivity (Wildman–Crippen MR) is 57.9 cm³/mol. The van der Waals surface area contributed by atoms with Crippen LogP contribution in [-0.4, -0.2) is 9.97 Å². The molecule has 16 heavy (non-hydrogen) atoms. The molecule has 0 saturated heterocycles. The standard InChI is InChI=1S/C12H10FN3/c13-10-5-3-9(4-6-10)11-8-15-12(16-11)2-1-7-14/h3-6,8H,1-2H2,(H,15,16). The molecule has 0 saturated carbocycles. The van der Waals surface area contributed by atoms with Crippen molar-refractivity contribution in [3.05, 3.63) is 42.1 Å². The lowest BCUT2D eigenvalue weighted by Gasteiger charge is -1.96. The molecule has 2 rings (SSSR count). The fraction of sp³-hybridized carbons (Fsp3) is 0.167. The lowest BCUT2D eigenvalue weighted by atomic mass is 10.2. The zero-order chi connectivity index (χ0) is 11.4. The zero-order valence-electron chi connectivity index (χ0n) is 8.57. The molecule has 0 fully saturated rings. The van der Waals surface area contributed by atoms with E-state index in [1.807, 2.05) is 0 Å². The molecular weight excluding hydrogens is 205 g/mol. The lowest BCUT2D eigenvalue weighted by Crippen LogP contribution is -1.86. The van der Waals surface area contributed by atoms with Gasteiger partial charge in [0.2, 0.25) is 0 Å².